The second kappa shape index (κ2) is 13.0. The number of carbonyl (C=O) groups excluding carboxylic acids is 3. The summed E-state index contributed by atoms with van der Waals surface area (Å²) in [7, 11) is 0. The number of anilines is 1. The van der Waals surface area contributed by atoms with E-state index in [2.05, 4.69) is 10.6 Å². The van der Waals surface area contributed by atoms with Crippen molar-refractivity contribution >= 4 is 23.7 Å². The van der Waals surface area contributed by atoms with Crippen LogP contribution in [0.25, 0.3) is 0 Å². The van der Waals surface area contributed by atoms with Crippen LogP contribution >= 0.6 is 0 Å². The summed E-state index contributed by atoms with van der Waals surface area (Å²) in [6.45, 7) is 8.05. The van der Waals surface area contributed by atoms with Gasteiger partial charge in [-0.3, -0.25) is 14.4 Å². The Balaban J connectivity index is 2.53. The van der Waals surface area contributed by atoms with Crippen molar-refractivity contribution in [1.82, 2.24) is 5.32 Å². The Hall–Kier alpha value is -2.25. The number of ketones is 2. The second-order valence-electron chi connectivity index (χ2n) is 6.18. The molecule has 0 fully saturated rings. The van der Waals surface area contributed by atoms with E-state index in [-0.39, 0.29) is 17.5 Å². The molecule has 1 aromatic rings. The zero-order chi connectivity index (χ0) is 20.1. The highest BCUT2D eigenvalue weighted by atomic mass is 16.5. The monoisotopic (exact) mass is 378 g/mol. The Morgan fingerprint density at radius 1 is 1.11 bits per heavy atom. The molecule has 0 bridgehead atoms. The van der Waals surface area contributed by atoms with Gasteiger partial charge >= 0.3 is 0 Å². The molecule has 1 rings (SSSR count). The Morgan fingerprint density at radius 2 is 1.78 bits per heavy atom. The molecule has 0 radical (unpaired) electrons. The van der Waals surface area contributed by atoms with Gasteiger partial charge in [0, 0.05) is 30.3 Å². The van der Waals surface area contributed by atoms with Gasteiger partial charge < -0.3 is 20.1 Å². The zero-order valence-corrected chi connectivity index (χ0v) is 16.4. The van der Waals surface area contributed by atoms with E-state index in [1.807, 2.05) is 19.9 Å². The van der Waals surface area contributed by atoms with E-state index in [4.69, 9.17) is 9.47 Å². The van der Waals surface area contributed by atoms with Crippen LogP contribution in [0.15, 0.2) is 18.2 Å². The summed E-state index contributed by atoms with van der Waals surface area (Å²) in [6.07, 6.45) is 1.35. The van der Waals surface area contributed by atoms with E-state index in [1.54, 1.807) is 12.1 Å². The van der Waals surface area contributed by atoms with Gasteiger partial charge in [-0.05, 0) is 19.4 Å². The number of hydrogen-bond donors (Lipinski definition) is 2. The number of hydrogen-bond acceptors (Lipinski definition) is 6. The van der Waals surface area contributed by atoms with Crippen molar-refractivity contribution in [3.63, 3.8) is 0 Å². The lowest BCUT2D eigenvalue weighted by atomic mass is 9.91. The van der Waals surface area contributed by atoms with Crippen molar-refractivity contribution in [3.05, 3.63) is 29.3 Å². The Bertz CT molecular complexity index is 618. The molecule has 0 spiro atoms. The lowest BCUT2D eigenvalue weighted by Crippen LogP contribution is -2.20. The highest BCUT2D eigenvalue weighted by molar-refractivity contribution is 6.12. The smallest absolute Gasteiger partial charge is 0.207 e. The van der Waals surface area contributed by atoms with Gasteiger partial charge in [0.1, 0.15) is 0 Å². The first-order chi connectivity index (χ1) is 13.0. The highest BCUT2D eigenvalue weighted by Gasteiger charge is 2.22. The number of nitrogens with one attached hydrogen (secondary N) is 2. The lowest BCUT2D eigenvalue weighted by Gasteiger charge is -2.17. The maximum absolute atomic E-state index is 12.7. The van der Waals surface area contributed by atoms with Crippen molar-refractivity contribution in [3.8, 4) is 0 Å². The van der Waals surface area contributed by atoms with Gasteiger partial charge in [-0.2, -0.15) is 0 Å². The van der Waals surface area contributed by atoms with E-state index >= 15 is 0 Å². The number of carbonyl (C=O) groups is 3. The maximum Gasteiger partial charge on any atom is 0.207 e. The van der Waals surface area contributed by atoms with E-state index in [1.165, 1.54) is 6.92 Å². The van der Waals surface area contributed by atoms with Crippen molar-refractivity contribution in [2.75, 3.05) is 44.8 Å². The van der Waals surface area contributed by atoms with E-state index in [0.717, 1.165) is 6.42 Å². The van der Waals surface area contributed by atoms with Crippen LogP contribution in [0.4, 0.5) is 5.69 Å². The number of benzene rings is 1. The molecule has 1 aromatic carbocycles. The Morgan fingerprint density at radius 3 is 2.37 bits per heavy atom. The van der Waals surface area contributed by atoms with Gasteiger partial charge in [0.15, 0.2) is 11.6 Å². The molecule has 1 unspecified atom stereocenters. The molecule has 0 aliphatic heterocycles. The molecule has 7 heteroatoms. The Kier molecular flexibility index (Phi) is 11.0. The van der Waals surface area contributed by atoms with Gasteiger partial charge in [0.2, 0.25) is 6.41 Å². The molecule has 27 heavy (non-hydrogen) atoms. The first-order valence-electron chi connectivity index (χ1n) is 9.27. The molecule has 0 heterocycles. The molecular weight excluding hydrogens is 348 g/mol. The second-order valence-corrected chi connectivity index (χ2v) is 6.18. The molecule has 0 saturated carbocycles. The summed E-state index contributed by atoms with van der Waals surface area (Å²) >= 11 is 0. The van der Waals surface area contributed by atoms with E-state index in [9.17, 15) is 14.4 Å². The topological polar surface area (TPSA) is 93.7 Å². The fourth-order valence-electron chi connectivity index (χ4n) is 2.46. The highest BCUT2D eigenvalue weighted by Crippen LogP contribution is 2.25. The molecule has 0 aliphatic rings. The molecule has 1 atom stereocenters. The first kappa shape index (κ1) is 22.8. The minimum absolute atomic E-state index is 0.0240. The molecule has 1 amide bonds. The average Bonchev–Trinajstić information content (AvgIpc) is 2.67. The van der Waals surface area contributed by atoms with Crippen LogP contribution < -0.4 is 10.6 Å². The number of amides is 1. The third-order valence-electron chi connectivity index (χ3n) is 4.16. The Labute approximate surface area is 160 Å². The predicted octanol–water partition coefficient (Wildman–Crippen LogP) is 2.31. The normalized spacial score (nSPS) is 11.7. The number of Topliss-reactive ketones (excluding diaryl/α,β-unsaturated/α-hetero) is 2. The van der Waals surface area contributed by atoms with Gasteiger partial charge in [0.25, 0.3) is 0 Å². The number of ether oxygens (including phenoxy) is 2. The average molecular weight is 378 g/mol. The quantitative estimate of drug-likeness (QED) is 0.276. The summed E-state index contributed by atoms with van der Waals surface area (Å²) in [4.78, 5) is 34.7. The van der Waals surface area contributed by atoms with Crippen molar-refractivity contribution in [2.24, 2.45) is 5.92 Å². The van der Waals surface area contributed by atoms with Crippen LogP contribution in [0, 0.1) is 5.92 Å². The van der Waals surface area contributed by atoms with Gasteiger partial charge in [-0.1, -0.05) is 26.0 Å². The summed E-state index contributed by atoms with van der Waals surface area (Å²) < 4.78 is 10.8. The molecule has 0 aliphatic carbocycles. The molecular formula is C20H30N2O5. The first-order valence-corrected chi connectivity index (χ1v) is 9.27. The minimum Gasteiger partial charge on any atom is -0.382 e. The molecule has 0 saturated heterocycles. The van der Waals surface area contributed by atoms with Crippen LogP contribution in [0.1, 0.15) is 47.9 Å². The van der Waals surface area contributed by atoms with E-state index < -0.39 is 0 Å². The summed E-state index contributed by atoms with van der Waals surface area (Å²) in [5.41, 5.74) is 1.57. The summed E-state index contributed by atoms with van der Waals surface area (Å²) in [5, 5.41) is 5.71. The summed E-state index contributed by atoms with van der Waals surface area (Å²) in [6, 6.07) is 5.27. The third-order valence-corrected chi connectivity index (χ3v) is 4.16. The SMILES string of the molecule is CCC(C)C(=O)c1c(NCCOCCOCCNC=O)cccc1C(C)=O. The molecule has 2 N–H and O–H groups in total. The van der Waals surface area contributed by atoms with Crippen LogP contribution in [-0.2, 0) is 14.3 Å². The largest absolute Gasteiger partial charge is 0.382 e. The van der Waals surface area contributed by atoms with E-state index in [0.29, 0.717) is 62.7 Å². The van der Waals surface area contributed by atoms with Crippen LogP contribution in [-0.4, -0.2) is 57.5 Å². The zero-order valence-electron chi connectivity index (χ0n) is 16.4. The standard InChI is InChI=1S/C20H30N2O5/c1-4-15(2)20(25)19-17(16(3)24)6-5-7-18(19)22-9-11-27-13-12-26-10-8-21-14-23/h5-7,14-15,22H,4,8-13H2,1-3H3,(H,21,23). The van der Waals surface area contributed by atoms with Gasteiger partial charge in [-0.15, -0.1) is 0 Å². The predicted molar refractivity (Wildman–Crippen MR) is 104 cm³/mol. The number of rotatable bonds is 15. The van der Waals surface area contributed by atoms with Crippen molar-refractivity contribution in [1.29, 1.82) is 0 Å². The molecule has 0 aromatic heterocycles. The third kappa shape index (κ3) is 7.88. The fraction of sp³-hybridized carbons (Fsp3) is 0.550. The van der Waals surface area contributed by atoms with Gasteiger partial charge in [-0.25, -0.2) is 0 Å². The molecule has 7 nitrogen and oxygen atoms in total. The van der Waals surface area contributed by atoms with Crippen LogP contribution in [0.3, 0.4) is 0 Å². The summed E-state index contributed by atoms with van der Waals surface area (Å²) in [5.74, 6) is -0.292. The van der Waals surface area contributed by atoms with Gasteiger partial charge in [0.05, 0.1) is 32.0 Å². The van der Waals surface area contributed by atoms with Crippen molar-refractivity contribution < 1.29 is 23.9 Å². The lowest BCUT2D eigenvalue weighted by molar-refractivity contribution is -0.109. The molecule has 150 valence electrons. The van der Waals surface area contributed by atoms with Crippen LogP contribution in [0.2, 0.25) is 0 Å². The van der Waals surface area contributed by atoms with Crippen molar-refractivity contribution in [2.45, 2.75) is 27.2 Å². The van der Waals surface area contributed by atoms with Crippen LogP contribution in [0.5, 0.6) is 0 Å². The minimum atomic E-state index is -0.145. The fourth-order valence-corrected chi connectivity index (χ4v) is 2.46. The maximum atomic E-state index is 12.7.